The normalized spacial score (nSPS) is 18.9. The molecule has 0 radical (unpaired) electrons. The van der Waals surface area contributed by atoms with Crippen molar-refractivity contribution in [2.75, 3.05) is 0 Å². The van der Waals surface area contributed by atoms with Crippen molar-refractivity contribution in [2.24, 2.45) is 5.92 Å². The second-order valence-electron chi connectivity index (χ2n) is 6.19. The lowest BCUT2D eigenvalue weighted by atomic mass is 9.82. The standard InChI is InChI=1S/C20H14FN3O2/c1-11(25)24-16-8-3-2-7-14(16)19-18(24)17(15(10-22)20(23)26-19)12-5-4-6-13(21)9-12/h2-9,15,17,23H,1H3. The zero-order chi connectivity index (χ0) is 18.4. The number of nitriles is 1. The Morgan fingerprint density at radius 2 is 2.04 bits per heavy atom. The molecule has 1 aliphatic heterocycles. The molecule has 2 aromatic carbocycles. The number of rotatable bonds is 1. The fourth-order valence-corrected chi connectivity index (χ4v) is 3.62. The smallest absolute Gasteiger partial charge is 0.228 e. The van der Waals surface area contributed by atoms with E-state index in [4.69, 9.17) is 10.1 Å². The molecule has 3 aromatic rings. The van der Waals surface area contributed by atoms with Gasteiger partial charge in [0.2, 0.25) is 11.8 Å². The van der Waals surface area contributed by atoms with Crippen LogP contribution in [0.5, 0.6) is 5.75 Å². The Morgan fingerprint density at radius 3 is 2.73 bits per heavy atom. The minimum Gasteiger partial charge on any atom is -0.440 e. The van der Waals surface area contributed by atoms with E-state index >= 15 is 0 Å². The third-order valence-corrected chi connectivity index (χ3v) is 4.65. The maximum atomic E-state index is 13.8. The Kier molecular flexibility index (Phi) is 3.58. The average Bonchev–Trinajstić information content (AvgIpc) is 2.94. The average molecular weight is 347 g/mol. The fraction of sp³-hybridized carbons (Fsp3) is 0.150. The van der Waals surface area contributed by atoms with Crippen molar-refractivity contribution >= 4 is 22.7 Å². The minimum atomic E-state index is -0.952. The van der Waals surface area contributed by atoms with Crippen LogP contribution in [0.15, 0.2) is 48.5 Å². The predicted octanol–water partition coefficient (Wildman–Crippen LogP) is 4.08. The molecule has 2 atom stereocenters. The van der Waals surface area contributed by atoms with Crippen LogP contribution < -0.4 is 4.74 Å². The van der Waals surface area contributed by atoms with Gasteiger partial charge in [0.05, 0.1) is 23.2 Å². The number of aromatic nitrogens is 1. The summed E-state index contributed by atoms with van der Waals surface area (Å²) >= 11 is 0. The molecule has 5 nitrogen and oxygen atoms in total. The van der Waals surface area contributed by atoms with E-state index < -0.39 is 17.7 Å². The third kappa shape index (κ3) is 2.21. The lowest BCUT2D eigenvalue weighted by molar-refractivity contribution is 0.0936. The Balaban J connectivity index is 2.11. The first-order valence-electron chi connectivity index (χ1n) is 8.08. The topological polar surface area (TPSA) is 78.9 Å². The van der Waals surface area contributed by atoms with Crippen LogP contribution in [0.4, 0.5) is 4.39 Å². The zero-order valence-electron chi connectivity index (χ0n) is 13.9. The Labute approximate surface area is 148 Å². The summed E-state index contributed by atoms with van der Waals surface area (Å²) in [5, 5.41) is 18.5. The summed E-state index contributed by atoms with van der Waals surface area (Å²) in [6.45, 7) is 1.43. The molecule has 26 heavy (non-hydrogen) atoms. The highest BCUT2D eigenvalue weighted by atomic mass is 19.1. The zero-order valence-corrected chi connectivity index (χ0v) is 13.9. The van der Waals surface area contributed by atoms with Gasteiger partial charge in [0.1, 0.15) is 11.7 Å². The summed E-state index contributed by atoms with van der Waals surface area (Å²) in [6.07, 6.45) is 0. The van der Waals surface area contributed by atoms with Crippen molar-refractivity contribution in [3.05, 3.63) is 65.6 Å². The van der Waals surface area contributed by atoms with E-state index in [2.05, 4.69) is 6.07 Å². The van der Waals surface area contributed by atoms with Crippen LogP contribution in [-0.4, -0.2) is 16.4 Å². The van der Waals surface area contributed by atoms with Crippen LogP contribution in [0.1, 0.15) is 28.9 Å². The second kappa shape index (κ2) is 5.81. The van der Waals surface area contributed by atoms with Gasteiger partial charge in [-0.3, -0.25) is 14.8 Å². The predicted molar refractivity (Wildman–Crippen MR) is 93.9 cm³/mol. The maximum absolute atomic E-state index is 13.8. The summed E-state index contributed by atoms with van der Waals surface area (Å²) in [7, 11) is 0. The van der Waals surface area contributed by atoms with Crippen LogP contribution in [0.25, 0.3) is 10.9 Å². The SMILES string of the molecule is CC(=O)n1c2c(c3ccccc31)OC(=N)C(C#N)C2c1cccc(F)c1. The molecule has 0 saturated heterocycles. The molecule has 4 rings (SSSR count). The number of nitrogens with zero attached hydrogens (tertiary/aromatic N) is 2. The highest BCUT2D eigenvalue weighted by molar-refractivity contribution is 6.01. The van der Waals surface area contributed by atoms with Gasteiger partial charge < -0.3 is 4.74 Å². The summed E-state index contributed by atoms with van der Waals surface area (Å²) in [6, 6.07) is 15.2. The first kappa shape index (κ1) is 16.0. The van der Waals surface area contributed by atoms with E-state index in [0.29, 0.717) is 27.9 Å². The van der Waals surface area contributed by atoms with Gasteiger partial charge in [-0.15, -0.1) is 0 Å². The van der Waals surface area contributed by atoms with Crippen LogP contribution in [-0.2, 0) is 0 Å². The molecular formula is C20H14FN3O2. The first-order valence-corrected chi connectivity index (χ1v) is 8.08. The molecule has 2 unspecified atom stereocenters. The molecule has 1 aliphatic rings. The van der Waals surface area contributed by atoms with Crippen molar-refractivity contribution in [1.29, 1.82) is 10.7 Å². The number of halogens is 1. The van der Waals surface area contributed by atoms with Crippen LogP contribution in [0, 0.1) is 28.5 Å². The van der Waals surface area contributed by atoms with Gasteiger partial charge in [0.15, 0.2) is 5.75 Å². The number of fused-ring (bicyclic) bond motifs is 3. The number of benzene rings is 2. The lowest BCUT2D eigenvalue weighted by Gasteiger charge is -2.29. The highest BCUT2D eigenvalue weighted by Crippen LogP contribution is 2.47. The van der Waals surface area contributed by atoms with Crippen molar-refractivity contribution in [3.63, 3.8) is 0 Å². The van der Waals surface area contributed by atoms with E-state index in [9.17, 15) is 14.4 Å². The Hall–Kier alpha value is -3.46. The number of para-hydroxylation sites is 1. The minimum absolute atomic E-state index is 0.208. The van der Waals surface area contributed by atoms with E-state index in [1.54, 1.807) is 30.3 Å². The van der Waals surface area contributed by atoms with Gasteiger partial charge in [-0.05, 0) is 29.8 Å². The number of nitrogens with one attached hydrogen (secondary N) is 1. The van der Waals surface area contributed by atoms with Gasteiger partial charge in [-0.1, -0.05) is 24.3 Å². The summed E-state index contributed by atoms with van der Waals surface area (Å²) in [4.78, 5) is 12.4. The van der Waals surface area contributed by atoms with Crippen LogP contribution in [0.2, 0.25) is 0 Å². The molecule has 0 spiro atoms. The summed E-state index contributed by atoms with van der Waals surface area (Å²) in [5.41, 5.74) is 1.64. The van der Waals surface area contributed by atoms with Gasteiger partial charge in [0, 0.05) is 12.3 Å². The van der Waals surface area contributed by atoms with Crippen molar-refractivity contribution in [3.8, 4) is 11.8 Å². The van der Waals surface area contributed by atoms with Crippen molar-refractivity contribution < 1.29 is 13.9 Å². The number of carbonyl (C=O) groups is 1. The summed E-state index contributed by atoms with van der Waals surface area (Å²) < 4.78 is 21.0. The number of carbonyl (C=O) groups excluding carboxylic acids is 1. The third-order valence-electron chi connectivity index (χ3n) is 4.65. The van der Waals surface area contributed by atoms with Gasteiger partial charge in [-0.25, -0.2) is 4.39 Å². The molecule has 1 aromatic heterocycles. The maximum Gasteiger partial charge on any atom is 0.228 e. The van der Waals surface area contributed by atoms with E-state index in [-0.39, 0.29) is 11.8 Å². The molecule has 0 fully saturated rings. The molecule has 0 saturated carbocycles. The summed E-state index contributed by atoms with van der Waals surface area (Å²) in [5.74, 6) is -2.14. The first-order chi connectivity index (χ1) is 12.5. The highest BCUT2D eigenvalue weighted by Gasteiger charge is 2.41. The molecule has 0 aliphatic carbocycles. The lowest BCUT2D eigenvalue weighted by Crippen LogP contribution is -2.32. The second-order valence-corrected chi connectivity index (χ2v) is 6.19. The van der Waals surface area contributed by atoms with Crippen LogP contribution in [0.3, 0.4) is 0 Å². The molecule has 1 N–H and O–H groups in total. The van der Waals surface area contributed by atoms with E-state index in [1.807, 2.05) is 6.07 Å². The van der Waals surface area contributed by atoms with E-state index in [0.717, 1.165) is 0 Å². The Morgan fingerprint density at radius 1 is 1.27 bits per heavy atom. The largest absolute Gasteiger partial charge is 0.440 e. The van der Waals surface area contributed by atoms with Gasteiger partial charge >= 0.3 is 0 Å². The van der Waals surface area contributed by atoms with E-state index in [1.165, 1.54) is 23.6 Å². The molecule has 6 heteroatoms. The molecule has 2 heterocycles. The quantitative estimate of drug-likeness (QED) is 0.720. The van der Waals surface area contributed by atoms with Gasteiger partial charge in [-0.2, -0.15) is 5.26 Å². The van der Waals surface area contributed by atoms with Crippen LogP contribution >= 0.6 is 0 Å². The molecule has 128 valence electrons. The number of hydrogen-bond acceptors (Lipinski definition) is 4. The number of hydrogen-bond donors (Lipinski definition) is 1. The van der Waals surface area contributed by atoms with Crippen molar-refractivity contribution in [2.45, 2.75) is 12.8 Å². The fourth-order valence-electron chi connectivity index (χ4n) is 3.62. The monoisotopic (exact) mass is 347 g/mol. The molecular weight excluding hydrogens is 333 g/mol. The Bertz CT molecular complexity index is 1110. The van der Waals surface area contributed by atoms with Crippen molar-refractivity contribution in [1.82, 2.24) is 4.57 Å². The molecule has 0 amide bonds. The number of ether oxygens (including phenoxy) is 1. The van der Waals surface area contributed by atoms with Gasteiger partial charge in [0.25, 0.3) is 0 Å². The molecule has 0 bridgehead atoms.